The Labute approximate surface area is 116 Å². The predicted molar refractivity (Wildman–Crippen MR) is 69.0 cm³/mol. The van der Waals surface area contributed by atoms with Gasteiger partial charge in [-0.1, -0.05) is 0 Å². The highest BCUT2D eigenvalue weighted by Gasteiger charge is 2.22. The summed E-state index contributed by atoms with van der Waals surface area (Å²) in [6, 6.07) is 1.07. The highest BCUT2D eigenvalue weighted by atomic mass is 19.2. The quantitative estimate of drug-likeness (QED) is 0.853. The molecular formula is C13H17F2N3O2. The van der Waals surface area contributed by atoms with Crippen molar-refractivity contribution in [1.29, 1.82) is 0 Å². The number of hydrogen-bond acceptors (Lipinski definition) is 3. The van der Waals surface area contributed by atoms with E-state index in [1.165, 1.54) is 7.05 Å². The molecule has 0 aliphatic rings. The third-order valence-corrected chi connectivity index (χ3v) is 2.32. The molecule has 0 radical (unpaired) electrons. The van der Waals surface area contributed by atoms with Crippen molar-refractivity contribution in [3.8, 4) is 0 Å². The van der Waals surface area contributed by atoms with Gasteiger partial charge in [-0.15, -0.1) is 0 Å². The molecule has 1 rings (SSSR count). The number of nitrogens with one attached hydrogen (secondary N) is 1. The summed E-state index contributed by atoms with van der Waals surface area (Å²) in [6.07, 6.45) is 0.995. The molecule has 1 N–H and O–H groups in total. The summed E-state index contributed by atoms with van der Waals surface area (Å²) in [6.45, 7) is 5.14. The number of pyridine rings is 1. The summed E-state index contributed by atoms with van der Waals surface area (Å²) in [4.78, 5) is 27.7. The first-order chi connectivity index (χ1) is 9.11. The van der Waals surface area contributed by atoms with E-state index >= 15 is 0 Å². The van der Waals surface area contributed by atoms with Crippen LogP contribution in [0.5, 0.6) is 0 Å². The van der Waals surface area contributed by atoms with Gasteiger partial charge < -0.3 is 10.2 Å². The van der Waals surface area contributed by atoms with Crippen LogP contribution in [0.2, 0.25) is 0 Å². The molecule has 0 aliphatic carbocycles. The fourth-order valence-corrected chi connectivity index (χ4v) is 1.53. The van der Waals surface area contributed by atoms with Gasteiger partial charge in [-0.05, 0) is 26.8 Å². The zero-order chi connectivity index (χ0) is 15.5. The summed E-state index contributed by atoms with van der Waals surface area (Å²) >= 11 is 0. The first-order valence-corrected chi connectivity index (χ1v) is 5.98. The van der Waals surface area contributed by atoms with Crippen molar-refractivity contribution in [2.45, 2.75) is 26.3 Å². The minimum atomic E-state index is -1.34. The summed E-state index contributed by atoms with van der Waals surface area (Å²) in [7, 11) is 1.34. The summed E-state index contributed by atoms with van der Waals surface area (Å²) < 4.78 is 26.4. The normalized spacial score (nSPS) is 11.1. The molecule has 0 bridgehead atoms. The van der Waals surface area contributed by atoms with Gasteiger partial charge in [0.1, 0.15) is 0 Å². The minimum absolute atomic E-state index is 0.251. The number of amides is 2. The first-order valence-electron chi connectivity index (χ1n) is 5.98. The lowest BCUT2D eigenvalue weighted by molar-refractivity contribution is -0.122. The maximum absolute atomic E-state index is 13.4. The Morgan fingerprint density at radius 2 is 1.95 bits per heavy atom. The number of likely N-dealkylation sites (N-methyl/N-ethyl adjacent to an activating group) is 1. The van der Waals surface area contributed by atoms with Gasteiger partial charge in [-0.3, -0.25) is 9.59 Å². The van der Waals surface area contributed by atoms with Crippen LogP contribution in [0.1, 0.15) is 31.1 Å². The molecule has 0 aliphatic heterocycles. The molecule has 0 saturated carbocycles. The van der Waals surface area contributed by atoms with Crippen LogP contribution in [0.3, 0.4) is 0 Å². The van der Waals surface area contributed by atoms with Crippen molar-refractivity contribution in [2.75, 3.05) is 13.6 Å². The van der Waals surface area contributed by atoms with Gasteiger partial charge in [0.25, 0.3) is 5.91 Å². The van der Waals surface area contributed by atoms with Crippen LogP contribution < -0.4 is 5.32 Å². The monoisotopic (exact) mass is 285 g/mol. The smallest absolute Gasteiger partial charge is 0.257 e. The van der Waals surface area contributed by atoms with Crippen molar-refractivity contribution in [3.63, 3.8) is 0 Å². The molecule has 0 atom stereocenters. The maximum atomic E-state index is 13.4. The standard InChI is InChI=1S/C13H17F2N3O2/c1-13(2,3)17-9(19)7-18(4)12(20)8-5-6-16-11(15)10(8)14/h5-6H,7H2,1-4H3,(H,17,19). The summed E-state index contributed by atoms with van der Waals surface area (Å²) in [5.74, 6) is -3.83. The van der Waals surface area contributed by atoms with E-state index in [1.807, 2.05) is 0 Å². The number of halogens is 2. The number of carbonyl (C=O) groups excluding carboxylic acids is 2. The van der Waals surface area contributed by atoms with E-state index in [-0.39, 0.29) is 12.5 Å². The summed E-state index contributed by atoms with van der Waals surface area (Å²) in [5.41, 5.74) is -0.891. The Morgan fingerprint density at radius 1 is 1.35 bits per heavy atom. The van der Waals surface area contributed by atoms with E-state index < -0.39 is 28.8 Å². The van der Waals surface area contributed by atoms with Gasteiger partial charge >= 0.3 is 0 Å². The molecule has 0 aromatic carbocycles. The fraction of sp³-hybridized carbons (Fsp3) is 0.462. The fourth-order valence-electron chi connectivity index (χ4n) is 1.53. The van der Waals surface area contributed by atoms with Crippen LogP contribution in [0.25, 0.3) is 0 Å². The van der Waals surface area contributed by atoms with Crippen LogP contribution in [0.15, 0.2) is 12.3 Å². The predicted octanol–water partition coefficient (Wildman–Crippen LogP) is 1.35. The largest absolute Gasteiger partial charge is 0.350 e. The molecule has 1 aromatic rings. The van der Waals surface area contributed by atoms with Crippen molar-refractivity contribution >= 4 is 11.8 Å². The Hall–Kier alpha value is -2.05. The van der Waals surface area contributed by atoms with Gasteiger partial charge in [0.15, 0.2) is 5.82 Å². The average molecular weight is 285 g/mol. The Kier molecular flexibility index (Phi) is 4.75. The molecule has 0 fully saturated rings. The van der Waals surface area contributed by atoms with E-state index in [1.54, 1.807) is 20.8 Å². The lowest BCUT2D eigenvalue weighted by Crippen LogP contribution is -2.46. The summed E-state index contributed by atoms with van der Waals surface area (Å²) in [5, 5.41) is 2.67. The number of carbonyl (C=O) groups is 2. The highest BCUT2D eigenvalue weighted by Crippen LogP contribution is 2.11. The second kappa shape index (κ2) is 5.94. The topological polar surface area (TPSA) is 62.3 Å². The van der Waals surface area contributed by atoms with Gasteiger partial charge in [-0.25, -0.2) is 9.37 Å². The Morgan fingerprint density at radius 3 is 2.50 bits per heavy atom. The Bertz CT molecular complexity index is 527. The number of aromatic nitrogens is 1. The molecule has 20 heavy (non-hydrogen) atoms. The van der Waals surface area contributed by atoms with Crippen LogP contribution >= 0.6 is 0 Å². The van der Waals surface area contributed by atoms with E-state index in [0.717, 1.165) is 17.2 Å². The zero-order valence-electron chi connectivity index (χ0n) is 11.8. The molecule has 1 aromatic heterocycles. The zero-order valence-corrected chi connectivity index (χ0v) is 11.8. The van der Waals surface area contributed by atoms with Crippen molar-refractivity contribution in [3.05, 3.63) is 29.6 Å². The molecule has 0 spiro atoms. The molecule has 2 amide bonds. The van der Waals surface area contributed by atoms with Crippen LogP contribution in [0.4, 0.5) is 8.78 Å². The molecule has 0 saturated heterocycles. The number of nitrogens with zero attached hydrogens (tertiary/aromatic N) is 2. The van der Waals surface area contributed by atoms with Crippen molar-refractivity contribution in [2.24, 2.45) is 0 Å². The van der Waals surface area contributed by atoms with Crippen LogP contribution in [0, 0.1) is 11.8 Å². The second-order valence-electron chi connectivity index (χ2n) is 5.42. The molecular weight excluding hydrogens is 268 g/mol. The Balaban J connectivity index is 2.77. The van der Waals surface area contributed by atoms with Gasteiger partial charge in [0.2, 0.25) is 11.9 Å². The lowest BCUT2D eigenvalue weighted by atomic mass is 10.1. The van der Waals surface area contributed by atoms with E-state index in [0.29, 0.717) is 0 Å². The number of rotatable bonds is 3. The number of hydrogen-bond donors (Lipinski definition) is 1. The van der Waals surface area contributed by atoms with Crippen molar-refractivity contribution in [1.82, 2.24) is 15.2 Å². The first kappa shape index (κ1) is 16.0. The molecule has 110 valence electrons. The minimum Gasteiger partial charge on any atom is -0.350 e. The van der Waals surface area contributed by atoms with Crippen molar-refractivity contribution < 1.29 is 18.4 Å². The van der Waals surface area contributed by atoms with Gasteiger partial charge in [0, 0.05) is 18.8 Å². The maximum Gasteiger partial charge on any atom is 0.257 e. The second-order valence-corrected chi connectivity index (χ2v) is 5.42. The lowest BCUT2D eigenvalue weighted by Gasteiger charge is -2.23. The third kappa shape index (κ3) is 4.25. The average Bonchev–Trinajstić information content (AvgIpc) is 2.29. The van der Waals surface area contributed by atoms with Crippen LogP contribution in [-0.4, -0.2) is 40.8 Å². The third-order valence-electron chi connectivity index (χ3n) is 2.32. The SMILES string of the molecule is CN(CC(=O)NC(C)(C)C)C(=O)c1ccnc(F)c1F. The molecule has 0 unspecified atom stereocenters. The molecule has 1 heterocycles. The van der Waals surface area contributed by atoms with Crippen LogP contribution in [-0.2, 0) is 4.79 Å². The van der Waals surface area contributed by atoms with E-state index in [9.17, 15) is 18.4 Å². The van der Waals surface area contributed by atoms with E-state index in [4.69, 9.17) is 0 Å². The van der Waals surface area contributed by atoms with E-state index in [2.05, 4.69) is 10.3 Å². The molecule has 7 heteroatoms. The molecule has 5 nitrogen and oxygen atoms in total. The highest BCUT2D eigenvalue weighted by molar-refractivity contribution is 5.96. The van der Waals surface area contributed by atoms with Gasteiger partial charge in [-0.2, -0.15) is 4.39 Å². The van der Waals surface area contributed by atoms with Gasteiger partial charge in [0.05, 0.1) is 12.1 Å².